The van der Waals surface area contributed by atoms with E-state index in [9.17, 15) is 4.79 Å². The average Bonchev–Trinajstić information content (AvgIpc) is 1.89. The summed E-state index contributed by atoms with van der Waals surface area (Å²) in [6, 6.07) is 0. The van der Waals surface area contributed by atoms with Crippen molar-refractivity contribution in [2.24, 2.45) is 0 Å². The normalized spacial score (nSPS) is 12.7. The van der Waals surface area contributed by atoms with Gasteiger partial charge in [-0.05, 0) is 13.8 Å². The highest BCUT2D eigenvalue weighted by Crippen LogP contribution is 1.99. The molecule has 0 aliphatic carbocycles. The predicted octanol–water partition coefficient (Wildman–Crippen LogP) is 0.842. The van der Waals surface area contributed by atoms with Crippen LogP contribution >= 0.6 is 12.6 Å². The van der Waals surface area contributed by atoms with Crippen molar-refractivity contribution in [2.45, 2.75) is 19.3 Å². The lowest BCUT2D eigenvalue weighted by atomic mass is 10.7. The summed E-state index contributed by atoms with van der Waals surface area (Å²) in [7, 11) is 0. The van der Waals surface area contributed by atoms with Crippen LogP contribution in [0.1, 0.15) is 13.8 Å². The average molecular weight is 164 g/mol. The van der Waals surface area contributed by atoms with Gasteiger partial charge in [0.15, 0.2) is 5.44 Å². The second kappa shape index (κ2) is 5.56. The fraction of sp³-hybridized carbons (Fsp3) is 0.833. The molecule has 0 bridgehead atoms. The highest BCUT2D eigenvalue weighted by Gasteiger charge is 2.13. The van der Waals surface area contributed by atoms with E-state index in [1.165, 1.54) is 0 Å². The molecule has 0 saturated carbocycles. The largest absolute Gasteiger partial charge is 0.463 e. The van der Waals surface area contributed by atoms with Crippen LogP contribution in [0.15, 0.2) is 0 Å². The molecule has 0 aliphatic rings. The number of hydrogen-bond acceptors (Lipinski definition) is 4. The van der Waals surface area contributed by atoms with Crippen molar-refractivity contribution < 1.29 is 14.3 Å². The molecule has 0 aromatic rings. The fourth-order valence-corrected chi connectivity index (χ4v) is 0.663. The highest BCUT2D eigenvalue weighted by atomic mass is 32.1. The molecule has 0 spiro atoms. The van der Waals surface area contributed by atoms with E-state index in [2.05, 4.69) is 17.4 Å². The molecule has 0 aromatic heterocycles. The van der Waals surface area contributed by atoms with Crippen LogP contribution in [0, 0.1) is 0 Å². The second-order valence-corrected chi connectivity index (χ2v) is 2.03. The van der Waals surface area contributed by atoms with Crippen LogP contribution in [-0.2, 0) is 14.3 Å². The van der Waals surface area contributed by atoms with Gasteiger partial charge < -0.3 is 9.47 Å². The number of esters is 1. The van der Waals surface area contributed by atoms with Crippen molar-refractivity contribution in [1.82, 2.24) is 0 Å². The first-order valence-electron chi connectivity index (χ1n) is 3.18. The molecule has 0 heterocycles. The first-order chi connectivity index (χ1) is 4.72. The molecule has 3 nitrogen and oxygen atoms in total. The molecule has 0 saturated heterocycles. The first-order valence-corrected chi connectivity index (χ1v) is 3.70. The summed E-state index contributed by atoms with van der Waals surface area (Å²) < 4.78 is 9.46. The Balaban J connectivity index is 3.49. The van der Waals surface area contributed by atoms with Crippen LogP contribution in [0.2, 0.25) is 0 Å². The predicted molar refractivity (Wildman–Crippen MR) is 41.0 cm³/mol. The summed E-state index contributed by atoms with van der Waals surface area (Å²) in [5, 5.41) is 0. The van der Waals surface area contributed by atoms with Gasteiger partial charge in [0.1, 0.15) is 0 Å². The minimum Gasteiger partial charge on any atom is -0.463 e. The van der Waals surface area contributed by atoms with Crippen LogP contribution < -0.4 is 0 Å². The smallest absolute Gasteiger partial charge is 0.345 e. The van der Waals surface area contributed by atoms with Crippen molar-refractivity contribution >= 4 is 18.6 Å². The van der Waals surface area contributed by atoms with E-state index in [0.717, 1.165) is 0 Å². The van der Waals surface area contributed by atoms with Gasteiger partial charge >= 0.3 is 5.97 Å². The molecule has 0 radical (unpaired) electrons. The van der Waals surface area contributed by atoms with Gasteiger partial charge in [-0.15, -0.1) is 12.6 Å². The van der Waals surface area contributed by atoms with Gasteiger partial charge in [0.25, 0.3) is 0 Å². The lowest BCUT2D eigenvalue weighted by Crippen LogP contribution is -2.20. The topological polar surface area (TPSA) is 35.5 Å². The molecule has 0 rings (SSSR count). The Hall–Kier alpha value is -0.220. The number of rotatable bonds is 4. The maximum absolute atomic E-state index is 10.7. The monoisotopic (exact) mass is 164 g/mol. The maximum atomic E-state index is 10.7. The lowest BCUT2D eigenvalue weighted by Gasteiger charge is -2.08. The lowest BCUT2D eigenvalue weighted by molar-refractivity contribution is -0.150. The van der Waals surface area contributed by atoms with Crippen LogP contribution in [0.3, 0.4) is 0 Å². The Morgan fingerprint density at radius 1 is 1.50 bits per heavy atom. The number of ether oxygens (including phenoxy) is 2. The van der Waals surface area contributed by atoms with Crippen molar-refractivity contribution in [3.63, 3.8) is 0 Å². The zero-order chi connectivity index (χ0) is 7.98. The van der Waals surface area contributed by atoms with Gasteiger partial charge in [-0.2, -0.15) is 0 Å². The molecular formula is C6H12O3S. The molecule has 0 amide bonds. The summed E-state index contributed by atoms with van der Waals surface area (Å²) >= 11 is 3.84. The minimum absolute atomic E-state index is 0.364. The Morgan fingerprint density at radius 2 is 2.10 bits per heavy atom. The quantitative estimate of drug-likeness (QED) is 0.380. The maximum Gasteiger partial charge on any atom is 0.345 e. The SMILES string of the molecule is CCOC(=O)C(S)OCC. The van der Waals surface area contributed by atoms with Gasteiger partial charge in [0.2, 0.25) is 0 Å². The summed E-state index contributed by atoms with van der Waals surface area (Å²) in [5.74, 6) is -0.423. The molecule has 0 fully saturated rings. The van der Waals surface area contributed by atoms with E-state index in [4.69, 9.17) is 4.74 Å². The zero-order valence-electron chi connectivity index (χ0n) is 6.16. The molecular weight excluding hydrogens is 152 g/mol. The summed E-state index contributed by atoms with van der Waals surface area (Å²) in [6.45, 7) is 4.36. The van der Waals surface area contributed by atoms with Crippen molar-refractivity contribution in [1.29, 1.82) is 0 Å². The molecule has 0 aromatic carbocycles. The molecule has 1 atom stereocenters. The number of hydrogen-bond donors (Lipinski definition) is 1. The van der Waals surface area contributed by atoms with Gasteiger partial charge in [-0.3, -0.25) is 0 Å². The van der Waals surface area contributed by atoms with Gasteiger partial charge in [0, 0.05) is 6.61 Å². The molecule has 10 heavy (non-hydrogen) atoms. The third-order valence-electron chi connectivity index (χ3n) is 0.813. The summed E-state index contributed by atoms with van der Waals surface area (Å²) in [4.78, 5) is 10.7. The molecule has 1 unspecified atom stereocenters. The molecule has 4 heteroatoms. The van der Waals surface area contributed by atoms with Crippen molar-refractivity contribution in [2.75, 3.05) is 13.2 Å². The van der Waals surface area contributed by atoms with E-state index in [1.807, 2.05) is 0 Å². The van der Waals surface area contributed by atoms with E-state index in [1.54, 1.807) is 13.8 Å². The number of thiol groups is 1. The van der Waals surface area contributed by atoms with Crippen LogP contribution in [0.5, 0.6) is 0 Å². The number of carbonyl (C=O) groups excluding carboxylic acids is 1. The highest BCUT2D eigenvalue weighted by molar-refractivity contribution is 7.81. The zero-order valence-corrected chi connectivity index (χ0v) is 7.06. The van der Waals surface area contributed by atoms with Crippen molar-refractivity contribution in [3.8, 4) is 0 Å². The Morgan fingerprint density at radius 3 is 2.50 bits per heavy atom. The van der Waals surface area contributed by atoms with E-state index in [0.29, 0.717) is 13.2 Å². The molecule has 60 valence electrons. The van der Waals surface area contributed by atoms with Gasteiger partial charge in [-0.1, -0.05) is 0 Å². The van der Waals surface area contributed by atoms with E-state index < -0.39 is 11.4 Å². The summed E-state index contributed by atoms with van der Waals surface area (Å²) in [6.07, 6.45) is 0. The van der Waals surface area contributed by atoms with Crippen LogP contribution in [0.25, 0.3) is 0 Å². The molecule has 0 N–H and O–H groups in total. The number of carbonyl (C=O) groups is 1. The Labute approximate surface area is 66.1 Å². The van der Waals surface area contributed by atoms with E-state index >= 15 is 0 Å². The van der Waals surface area contributed by atoms with Gasteiger partial charge in [0.05, 0.1) is 6.61 Å². The third-order valence-corrected chi connectivity index (χ3v) is 1.17. The van der Waals surface area contributed by atoms with Crippen molar-refractivity contribution in [3.05, 3.63) is 0 Å². The minimum atomic E-state index is -0.732. The second-order valence-electron chi connectivity index (χ2n) is 1.56. The van der Waals surface area contributed by atoms with Gasteiger partial charge in [-0.25, -0.2) is 4.79 Å². The van der Waals surface area contributed by atoms with Crippen LogP contribution in [-0.4, -0.2) is 24.6 Å². The molecule has 0 aliphatic heterocycles. The summed E-state index contributed by atoms with van der Waals surface area (Å²) in [5.41, 5.74) is -0.732. The van der Waals surface area contributed by atoms with E-state index in [-0.39, 0.29) is 0 Å². The first kappa shape index (κ1) is 9.78. The standard InChI is InChI=1S/C6H12O3S/c1-3-8-5(7)6(10)9-4-2/h6,10H,3-4H2,1-2H3. The third kappa shape index (κ3) is 3.74. The Bertz CT molecular complexity index is 105. The fourth-order valence-electron chi connectivity index (χ4n) is 0.439. The Kier molecular flexibility index (Phi) is 5.43. The van der Waals surface area contributed by atoms with Crippen LogP contribution in [0.4, 0.5) is 0 Å².